The highest BCUT2D eigenvalue weighted by atomic mass is 32.1. The number of aryl methyl sites for hydroxylation is 1. The first-order valence-electron chi connectivity index (χ1n) is 6.58. The van der Waals surface area contributed by atoms with E-state index in [1.165, 1.54) is 11.3 Å². The second kappa shape index (κ2) is 4.86. The van der Waals surface area contributed by atoms with Crippen LogP contribution in [0.2, 0.25) is 0 Å². The molecule has 0 radical (unpaired) electrons. The van der Waals surface area contributed by atoms with Crippen molar-refractivity contribution in [3.8, 4) is 45.1 Å². The van der Waals surface area contributed by atoms with Crippen LogP contribution in [-0.2, 0) is 0 Å². The highest BCUT2D eigenvalue weighted by Crippen LogP contribution is 2.57. The summed E-state index contributed by atoms with van der Waals surface area (Å²) in [6.07, 6.45) is 5.58. The van der Waals surface area contributed by atoms with Crippen LogP contribution in [0.4, 0.5) is 0 Å². The topological polar surface area (TPSA) is 36.9 Å². The minimum absolute atomic E-state index is 0.527. The van der Waals surface area contributed by atoms with Crippen molar-refractivity contribution in [2.45, 2.75) is 6.92 Å². The third kappa shape index (κ3) is 1.88. The standard InChI is InChI=1S/C15H12O4S2/c1-3-9-11-13(19-7-5-17-11)15(21-9)14-12-10(8(2)20-14)16-4-6-18-12/h1H,4-7H2,2H3. The first-order chi connectivity index (χ1) is 10.3. The van der Waals surface area contributed by atoms with E-state index in [9.17, 15) is 0 Å². The maximum atomic E-state index is 5.81. The average molecular weight is 320 g/mol. The van der Waals surface area contributed by atoms with E-state index in [1.54, 1.807) is 11.3 Å². The normalized spacial score (nSPS) is 15.6. The second-order valence-corrected chi connectivity index (χ2v) is 6.85. The Morgan fingerprint density at radius 3 is 2.00 bits per heavy atom. The summed E-state index contributed by atoms with van der Waals surface area (Å²) in [5.74, 6) is 5.73. The number of rotatable bonds is 1. The highest BCUT2D eigenvalue weighted by molar-refractivity contribution is 7.23. The van der Waals surface area contributed by atoms with Crippen molar-refractivity contribution in [2.75, 3.05) is 26.4 Å². The smallest absolute Gasteiger partial charge is 0.188 e. The van der Waals surface area contributed by atoms with E-state index >= 15 is 0 Å². The Labute approximate surface area is 130 Å². The van der Waals surface area contributed by atoms with E-state index in [-0.39, 0.29) is 0 Å². The molecule has 0 atom stereocenters. The van der Waals surface area contributed by atoms with E-state index < -0.39 is 0 Å². The Kier molecular flexibility index (Phi) is 2.98. The fraction of sp³-hybridized carbons (Fsp3) is 0.333. The minimum Gasteiger partial charge on any atom is -0.485 e. The van der Waals surface area contributed by atoms with Gasteiger partial charge in [-0.1, -0.05) is 5.92 Å². The molecule has 0 bridgehead atoms. The summed E-state index contributed by atoms with van der Waals surface area (Å²) >= 11 is 3.14. The van der Waals surface area contributed by atoms with Gasteiger partial charge in [-0.3, -0.25) is 0 Å². The average Bonchev–Trinajstić information content (AvgIpc) is 3.06. The van der Waals surface area contributed by atoms with Crippen LogP contribution in [0.3, 0.4) is 0 Å². The lowest BCUT2D eigenvalue weighted by molar-refractivity contribution is 0.171. The van der Waals surface area contributed by atoms with E-state index in [4.69, 9.17) is 25.4 Å². The van der Waals surface area contributed by atoms with Gasteiger partial charge < -0.3 is 18.9 Å². The summed E-state index contributed by atoms with van der Waals surface area (Å²) in [6, 6.07) is 0. The number of hydrogen-bond donors (Lipinski definition) is 0. The lowest BCUT2D eigenvalue weighted by atomic mass is 10.2. The van der Waals surface area contributed by atoms with Crippen LogP contribution in [0, 0.1) is 19.3 Å². The zero-order valence-electron chi connectivity index (χ0n) is 11.4. The third-order valence-corrected chi connectivity index (χ3v) is 5.62. The number of hydrogen-bond acceptors (Lipinski definition) is 6. The lowest BCUT2D eigenvalue weighted by Crippen LogP contribution is -2.15. The largest absolute Gasteiger partial charge is 0.485 e. The van der Waals surface area contributed by atoms with Crippen LogP contribution < -0.4 is 18.9 Å². The Hall–Kier alpha value is -1.84. The van der Waals surface area contributed by atoms with Gasteiger partial charge in [0.15, 0.2) is 23.0 Å². The summed E-state index contributed by atoms with van der Waals surface area (Å²) in [4.78, 5) is 3.84. The van der Waals surface area contributed by atoms with Gasteiger partial charge in [0.2, 0.25) is 0 Å². The molecule has 2 aliphatic rings. The Morgan fingerprint density at radius 2 is 1.33 bits per heavy atom. The zero-order chi connectivity index (χ0) is 14.4. The summed E-state index contributed by atoms with van der Waals surface area (Å²) in [5, 5.41) is 0. The molecule has 0 saturated heterocycles. The van der Waals surface area contributed by atoms with Crippen molar-refractivity contribution in [3.05, 3.63) is 9.75 Å². The van der Waals surface area contributed by atoms with Gasteiger partial charge >= 0.3 is 0 Å². The quantitative estimate of drug-likeness (QED) is 0.756. The van der Waals surface area contributed by atoms with Crippen molar-refractivity contribution in [1.82, 2.24) is 0 Å². The molecule has 0 unspecified atom stereocenters. The molecule has 2 aliphatic heterocycles. The number of terminal acetylenes is 1. The van der Waals surface area contributed by atoms with E-state index in [0.29, 0.717) is 32.2 Å². The lowest BCUT2D eigenvalue weighted by Gasteiger charge is -2.18. The maximum Gasteiger partial charge on any atom is 0.188 e. The molecule has 2 aromatic rings. The second-order valence-electron chi connectivity index (χ2n) is 4.60. The molecule has 0 saturated carbocycles. The van der Waals surface area contributed by atoms with Crippen LogP contribution in [0.25, 0.3) is 9.75 Å². The first kappa shape index (κ1) is 12.9. The third-order valence-electron chi connectivity index (χ3n) is 3.30. The van der Waals surface area contributed by atoms with E-state index in [2.05, 4.69) is 5.92 Å². The van der Waals surface area contributed by atoms with Crippen LogP contribution in [-0.4, -0.2) is 26.4 Å². The highest BCUT2D eigenvalue weighted by Gasteiger charge is 2.31. The number of thiophene rings is 2. The van der Waals surface area contributed by atoms with Gasteiger partial charge in [-0.15, -0.1) is 29.1 Å². The molecule has 0 fully saturated rings. The van der Waals surface area contributed by atoms with Crippen LogP contribution in [0.5, 0.6) is 23.0 Å². The Morgan fingerprint density at radius 1 is 0.810 bits per heavy atom. The molecule has 6 heteroatoms. The van der Waals surface area contributed by atoms with Gasteiger partial charge in [0.25, 0.3) is 0 Å². The molecule has 0 amide bonds. The fourth-order valence-corrected chi connectivity index (χ4v) is 4.61. The molecule has 0 aromatic carbocycles. The van der Waals surface area contributed by atoms with Gasteiger partial charge in [-0.25, -0.2) is 0 Å². The molecule has 2 aromatic heterocycles. The minimum atomic E-state index is 0.527. The van der Waals surface area contributed by atoms with Crippen molar-refractivity contribution in [1.29, 1.82) is 0 Å². The summed E-state index contributed by atoms with van der Waals surface area (Å²) in [6.45, 7) is 4.23. The van der Waals surface area contributed by atoms with Gasteiger partial charge in [-0.2, -0.15) is 0 Å². The van der Waals surface area contributed by atoms with Crippen molar-refractivity contribution in [3.63, 3.8) is 0 Å². The molecule has 4 nitrogen and oxygen atoms in total. The van der Waals surface area contributed by atoms with Gasteiger partial charge in [0, 0.05) is 4.88 Å². The van der Waals surface area contributed by atoms with Crippen molar-refractivity contribution in [2.24, 2.45) is 0 Å². The van der Waals surface area contributed by atoms with Crippen molar-refractivity contribution >= 4 is 22.7 Å². The fourth-order valence-electron chi connectivity index (χ4n) is 2.44. The predicted octanol–water partition coefficient (Wildman–Crippen LogP) is 3.31. The number of fused-ring (bicyclic) bond motifs is 2. The number of ether oxygens (including phenoxy) is 4. The molecule has 21 heavy (non-hydrogen) atoms. The molecule has 0 N–H and O–H groups in total. The Balaban J connectivity index is 1.92. The van der Waals surface area contributed by atoms with E-state index in [0.717, 1.165) is 36.8 Å². The molecular weight excluding hydrogens is 308 g/mol. The summed E-state index contributed by atoms with van der Waals surface area (Å²) in [7, 11) is 0. The maximum absolute atomic E-state index is 5.81. The Bertz CT molecular complexity index is 751. The molecular formula is C15H12O4S2. The first-order valence-corrected chi connectivity index (χ1v) is 8.21. The molecule has 4 rings (SSSR count). The molecule has 0 aliphatic carbocycles. The van der Waals surface area contributed by atoms with E-state index in [1.807, 2.05) is 6.92 Å². The SMILES string of the molecule is C#Cc1sc(-c2sc(C)c3c2OCCO3)c2c1OCCO2. The van der Waals surface area contributed by atoms with Gasteiger partial charge in [0.1, 0.15) is 31.3 Å². The zero-order valence-corrected chi connectivity index (χ0v) is 13.0. The van der Waals surface area contributed by atoms with Crippen LogP contribution in [0.1, 0.15) is 9.75 Å². The van der Waals surface area contributed by atoms with Crippen LogP contribution in [0.15, 0.2) is 0 Å². The molecule has 4 heterocycles. The van der Waals surface area contributed by atoms with Gasteiger partial charge in [-0.05, 0) is 6.92 Å². The van der Waals surface area contributed by atoms with Crippen molar-refractivity contribution < 1.29 is 18.9 Å². The summed E-state index contributed by atoms with van der Waals surface area (Å²) in [5.41, 5.74) is 0. The summed E-state index contributed by atoms with van der Waals surface area (Å²) < 4.78 is 23.0. The predicted molar refractivity (Wildman–Crippen MR) is 82.3 cm³/mol. The molecule has 0 spiro atoms. The molecule has 108 valence electrons. The van der Waals surface area contributed by atoms with Crippen LogP contribution >= 0.6 is 22.7 Å². The van der Waals surface area contributed by atoms with Gasteiger partial charge in [0.05, 0.1) is 9.75 Å². The monoisotopic (exact) mass is 320 g/mol.